The number of imidazole rings is 1. The zero-order valence-corrected chi connectivity index (χ0v) is 30.9. The van der Waals surface area contributed by atoms with Crippen LogP contribution < -0.4 is 16.4 Å². The number of thioether (sulfide) groups is 1. The molecule has 26 nitrogen and oxygen atoms in total. The second-order valence-electron chi connectivity index (χ2n) is 11.5. The van der Waals surface area contributed by atoms with Crippen molar-refractivity contribution in [2.45, 2.75) is 50.9 Å². The van der Waals surface area contributed by atoms with Crippen LogP contribution in [0.25, 0.3) is 11.2 Å². The number of nitrogens with one attached hydrogen (secondary N) is 2. The van der Waals surface area contributed by atoms with Gasteiger partial charge in [0.1, 0.15) is 36.3 Å². The standard InChI is InChI=1S/C23H36N7O19P3S/c1-23(2,16(33)19(34)26-4-3-12(31)25-5-6-53-22(37)21(35)36)8-46-52(43,44)49-51(41,42)45-7-11-15(48-50(38,39)40)14(32)20(47-11)30-10-29-13-17(24)27-9-28-18(13)30/h9-11,14-16,20,32-33H,3-8H2,1-2H3,(H,25,31)(H,26,34)(H,35,36)(H,41,42)(H,43,44)(H2,24,27,28)(H2,38,39,40)/t11-,14-,15-,16+,20-/m1/s1. The Balaban J connectivity index is 1.53. The number of carboxylic acids is 1. The number of hydrogen-bond donors (Lipinski definition) is 10. The minimum atomic E-state index is -5.59. The Morgan fingerprint density at radius 3 is 2.36 bits per heavy atom. The summed E-state index contributed by atoms with van der Waals surface area (Å²) in [5.74, 6) is -3.32. The molecule has 0 bridgehead atoms. The van der Waals surface area contributed by atoms with Crippen LogP contribution >= 0.6 is 35.2 Å². The van der Waals surface area contributed by atoms with Crippen molar-refractivity contribution >= 4 is 75.1 Å². The Labute approximate surface area is 302 Å². The molecule has 0 saturated carbocycles. The number of nitrogen functional groups attached to an aromatic ring is 1. The number of phosphoric acid groups is 3. The van der Waals surface area contributed by atoms with Gasteiger partial charge in [0.2, 0.25) is 11.8 Å². The summed E-state index contributed by atoms with van der Waals surface area (Å²) in [5, 5.41) is 33.3. The molecule has 11 N–H and O–H groups in total. The number of carboxylic acid groups (broad SMARTS) is 1. The number of aliphatic hydroxyl groups excluding tert-OH is 2. The van der Waals surface area contributed by atoms with E-state index in [1.165, 1.54) is 13.8 Å². The fourth-order valence-corrected chi connectivity index (χ4v) is 7.68. The van der Waals surface area contributed by atoms with Crippen molar-refractivity contribution in [2.24, 2.45) is 5.41 Å². The van der Waals surface area contributed by atoms with Crippen molar-refractivity contribution < 1.29 is 90.4 Å². The predicted octanol–water partition coefficient (Wildman–Crippen LogP) is -2.25. The number of hydrogen-bond acceptors (Lipinski definition) is 19. The lowest BCUT2D eigenvalue weighted by Crippen LogP contribution is -2.46. The van der Waals surface area contributed by atoms with Gasteiger partial charge >= 0.3 is 29.4 Å². The molecule has 3 rings (SSSR count). The first-order valence-electron chi connectivity index (χ1n) is 14.7. The van der Waals surface area contributed by atoms with Crippen LogP contribution in [0.5, 0.6) is 0 Å². The monoisotopic (exact) mass is 839 g/mol. The highest BCUT2D eigenvalue weighted by Crippen LogP contribution is 2.61. The van der Waals surface area contributed by atoms with Crippen molar-refractivity contribution in [2.75, 3.05) is 37.8 Å². The molecular weight excluding hydrogens is 803 g/mol. The lowest BCUT2D eigenvalue weighted by molar-refractivity contribution is -0.144. The minimum Gasteiger partial charge on any atom is -0.475 e. The Morgan fingerprint density at radius 2 is 1.72 bits per heavy atom. The van der Waals surface area contributed by atoms with E-state index < -0.39 is 95.6 Å². The maximum absolute atomic E-state index is 12.6. The molecule has 2 aromatic rings. The Kier molecular flexibility index (Phi) is 15.2. The van der Waals surface area contributed by atoms with Gasteiger partial charge in [0, 0.05) is 30.7 Å². The largest absolute Gasteiger partial charge is 0.481 e. The van der Waals surface area contributed by atoms with Gasteiger partial charge in [-0.2, -0.15) is 4.31 Å². The predicted molar refractivity (Wildman–Crippen MR) is 175 cm³/mol. The molecule has 1 aliphatic heterocycles. The van der Waals surface area contributed by atoms with Crippen molar-refractivity contribution in [3.8, 4) is 0 Å². The SMILES string of the molecule is CC(C)(COP(=O)(O)OP(=O)(O)OC[C@H]1O[C@@H](n2cnc3c(N)ncnc32)[C@H](O)[C@@H]1OP(=O)(O)O)[C@@H](O)C(=O)NCCC(=O)NCCSC(=O)C(=O)O. The normalized spacial score (nSPS) is 22.1. The molecule has 0 radical (unpaired) electrons. The smallest absolute Gasteiger partial charge is 0.475 e. The van der Waals surface area contributed by atoms with E-state index in [0.29, 0.717) is 11.8 Å². The van der Waals surface area contributed by atoms with Gasteiger partial charge in [0.15, 0.2) is 17.7 Å². The van der Waals surface area contributed by atoms with E-state index in [-0.39, 0.29) is 42.2 Å². The average Bonchev–Trinajstić information content (AvgIpc) is 3.60. The van der Waals surface area contributed by atoms with E-state index in [0.717, 1.165) is 17.2 Å². The van der Waals surface area contributed by atoms with Crippen LogP contribution in [0, 0.1) is 5.41 Å². The number of rotatable bonds is 19. The number of anilines is 1. The maximum atomic E-state index is 12.6. The van der Waals surface area contributed by atoms with Gasteiger partial charge in [-0.05, 0) is 0 Å². The fourth-order valence-electron chi connectivity index (χ4n) is 4.34. The fraction of sp³-hybridized carbons (Fsp3) is 0.609. The number of carbonyl (C=O) groups excluding carboxylic acids is 3. The van der Waals surface area contributed by atoms with E-state index in [2.05, 4.69) is 34.4 Å². The lowest BCUT2D eigenvalue weighted by Gasteiger charge is -2.30. The van der Waals surface area contributed by atoms with Gasteiger partial charge < -0.3 is 56.0 Å². The molecule has 1 saturated heterocycles. The third kappa shape index (κ3) is 13.1. The van der Waals surface area contributed by atoms with Crippen molar-refractivity contribution in [1.82, 2.24) is 30.2 Å². The van der Waals surface area contributed by atoms with Crippen LogP contribution in [-0.4, -0.2) is 134 Å². The second kappa shape index (κ2) is 18.1. The first-order chi connectivity index (χ1) is 24.4. The van der Waals surface area contributed by atoms with E-state index in [1.807, 2.05) is 0 Å². The summed E-state index contributed by atoms with van der Waals surface area (Å²) >= 11 is 0.479. The number of ether oxygens (including phenoxy) is 1. The van der Waals surface area contributed by atoms with Crippen LogP contribution in [0.1, 0.15) is 26.5 Å². The molecule has 53 heavy (non-hydrogen) atoms. The quantitative estimate of drug-likeness (QED) is 0.0406. The molecule has 0 spiro atoms. The Morgan fingerprint density at radius 1 is 1.06 bits per heavy atom. The summed E-state index contributed by atoms with van der Waals surface area (Å²) in [4.78, 5) is 96.5. The Hall–Kier alpha value is -2.97. The highest BCUT2D eigenvalue weighted by molar-refractivity contribution is 8.15. The zero-order valence-electron chi connectivity index (χ0n) is 27.4. The number of fused-ring (bicyclic) bond motifs is 1. The molecule has 1 aliphatic rings. The van der Waals surface area contributed by atoms with E-state index in [4.69, 9.17) is 24.6 Å². The number of phosphoric ester groups is 3. The summed E-state index contributed by atoms with van der Waals surface area (Å²) in [6.45, 7) is 0.0165. The van der Waals surface area contributed by atoms with Crippen LogP contribution in [0.3, 0.4) is 0 Å². The molecule has 2 aromatic heterocycles. The third-order valence-electron chi connectivity index (χ3n) is 6.91. The Bertz CT molecular complexity index is 1810. The molecule has 2 amide bonds. The van der Waals surface area contributed by atoms with Crippen molar-refractivity contribution in [1.29, 1.82) is 0 Å². The van der Waals surface area contributed by atoms with E-state index >= 15 is 0 Å². The van der Waals surface area contributed by atoms with E-state index in [9.17, 15) is 62.7 Å². The molecule has 1 fully saturated rings. The molecule has 30 heteroatoms. The van der Waals surface area contributed by atoms with Gasteiger partial charge in [-0.1, -0.05) is 25.6 Å². The molecule has 2 unspecified atom stereocenters. The summed E-state index contributed by atoms with van der Waals surface area (Å²) in [5.41, 5.74) is 4.18. The van der Waals surface area contributed by atoms with E-state index in [1.54, 1.807) is 0 Å². The molecule has 0 aliphatic carbocycles. The maximum Gasteiger partial charge on any atom is 0.481 e. The highest BCUT2D eigenvalue weighted by Gasteiger charge is 2.50. The molecular formula is C23H36N7O19P3S. The second-order valence-corrected chi connectivity index (χ2v) is 16.8. The summed E-state index contributed by atoms with van der Waals surface area (Å²) in [7, 11) is -16.4. The van der Waals surface area contributed by atoms with Gasteiger partial charge in [-0.3, -0.25) is 32.5 Å². The molecule has 7 atom stereocenters. The summed E-state index contributed by atoms with van der Waals surface area (Å²) in [6, 6.07) is 0. The van der Waals surface area contributed by atoms with Crippen LogP contribution in [-0.2, 0) is 55.5 Å². The average molecular weight is 840 g/mol. The topological polar surface area (TPSA) is 401 Å². The minimum absolute atomic E-state index is 0.0153. The summed E-state index contributed by atoms with van der Waals surface area (Å²) in [6.07, 6.45) is -7.16. The number of amides is 2. The number of carbonyl (C=O) groups is 4. The van der Waals surface area contributed by atoms with Crippen LogP contribution in [0.2, 0.25) is 0 Å². The number of nitrogens with zero attached hydrogens (tertiary/aromatic N) is 4. The van der Waals surface area contributed by atoms with Gasteiger partial charge in [0.05, 0.1) is 19.5 Å². The number of aliphatic carboxylic acids is 1. The molecule has 298 valence electrons. The molecule has 0 aromatic carbocycles. The number of aromatic nitrogens is 4. The first kappa shape index (κ1) is 44.4. The van der Waals surface area contributed by atoms with Crippen LogP contribution in [0.15, 0.2) is 12.7 Å². The van der Waals surface area contributed by atoms with Gasteiger partial charge in [-0.15, -0.1) is 0 Å². The van der Waals surface area contributed by atoms with Gasteiger partial charge in [0.25, 0.3) is 5.12 Å². The molecule has 3 heterocycles. The number of aliphatic hydroxyl groups is 2. The summed E-state index contributed by atoms with van der Waals surface area (Å²) < 4.78 is 61.7. The third-order valence-corrected chi connectivity index (χ3v) is 10.9. The number of nitrogens with two attached hydrogens (primary N) is 1. The zero-order chi connectivity index (χ0) is 39.9. The van der Waals surface area contributed by atoms with Crippen molar-refractivity contribution in [3.05, 3.63) is 12.7 Å². The van der Waals surface area contributed by atoms with Crippen molar-refractivity contribution in [3.63, 3.8) is 0 Å². The van der Waals surface area contributed by atoms with Gasteiger partial charge in [-0.25, -0.2) is 33.4 Å². The lowest BCUT2D eigenvalue weighted by atomic mass is 9.87. The highest BCUT2D eigenvalue weighted by atomic mass is 32.2. The first-order valence-corrected chi connectivity index (χ1v) is 20.2. The van der Waals surface area contributed by atoms with Crippen LogP contribution in [0.4, 0.5) is 5.82 Å².